The summed E-state index contributed by atoms with van der Waals surface area (Å²) >= 11 is 0. The molecule has 3 amide bonds. The minimum atomic E-state index is -0.722. The molecule has 0 atom stereocenters. The molecule has 8 heteroatoms. The number of nitrogens with one attached hydrogen (secondary N) is 3. The largest absolute Gasteiger partial charge is 0.444 e. The summed E-state index contributed by atoms with van der Waals surface area (Å²) in [4.78, 5) is 36.2. The zero-order valence-corrected chi connectivity index (χ0v) is 17.3. The minimum absolute atomic E-state index is 0.0855. The van der Waals surface area contributed by atoms with Crippen LogP contribution in [0.2, 0.25) is 0 Å². The van der Waals surface area contributed by atoms with Crippen molar-refractivity contribution in [2.75, 3.05) is 17.2 Å². The highest BCUT2D eigenvalue weighted by molar-refractivity contribution is 5.99. The van der Waals surface area contributed by atoms with Crippen molar-refractivity contribution >= 4 is 29.3 Å². The Morgan fingerprint density at radius 2 is 1.72 bits per heavy atom. The first kappa shape index (κ1) is 22.6. The Labute approximate surface area is 170 Å². The predicted octanol–water partition coefficient (Wildman–Crippen LogP) is 4.20. The number of hydrogen-bond acceptors (Lipinski definition) is 4. The molecule has 1 saturated carbocycles. The molecule has 1 fully saturated rings. The van der Waals surface area contributed by atoms with Gasteiger partial charge >= 0.3 is 6.09 Å². The van der Waals surface area contributed by atoms with Gasteiger partial charge in [0, 0.05) is 6.42 Å². The van der Waals surface area contributed by atoms with Gasteiger partial charge in [-0.15, -0.1) is 0 Å². The molecule has 0 heterocycles. The van der Waals surface area contributed by atoms with E-state index in [2.05, 4.69) is 16.0 Å². The SMILES string of the molecule is CC(C)(C)OC(=O)Nc1ccc(F)cc1NC(=O)CNC(=O)CC1CCCCC1. The molecular weight excluding hydrogens is 377 g/mol. The molecule has 1 aliphatic rings. The Kier molecular flexibility index (Phi) is 7.99. The first-order valence-corrected chi connectivity index (χ1v) is 9.98. The zero-order valence-electron chi connectivity index (χ0n) is 17.3. The third kappa shape index (κ3) is 8.50. The number of hydrogen-bond donors (Lipinski definition) is 3. The van der Waals surface area contributed by atoms with Crippen molar-refractivity contribution < 1.29 is 23.5 Å². The molecular formula is C21H30FN3O4. The molecule has 1 aliphatic carbocycles. The maximum atomic E-state index is 13.6. The van der Waals surface area contributed by atoms with Crippen LogP contribution in [0.25, 0.3) is 0 Å². The number of ether oxygens (including phenoxy) is 1. The topological polar surface area (TPSA) is 96.5 Å². The van der Waals surface area contributed by atoms with E-state index >= 15 is 0 Å². The summed E-state index contributed by atoms with van der Waals surface area (Å²) in [6, 6.07) is 3.58. The van der Waals surface area contributed by atoms with Crippen LogP contribution in [0.3, 0.4) is 0 Å². The van der Waals surface area contributed by atoms with Crippen LogP contribution in [0.4, 0.5) is 20.6 Å². The average molecular weight is 407 g/mol. The van der Waals surface area contributed by atoms with Gasteiger partial charge in [-0.2, -0.15) is 0 Å². The van der Waals surface area contributed by atoms with E-state index in [1.807, 2.05) is 0 Å². The van der Waals surface area contributed by atoms with E-state index in [-0.39, 0.29) is 23.8 Å². The van der Waals surface area contributed by atoms with Gasteiger partial charge in [-0.3, -0.25) is 14.9 Å². The van der Waals surface area contributed by atoms with Gasteiger partial charge in [-0.1, -0.05) is 19.3 Å². The van der Waals surface area contributed by atoms with Gasteiger partial charge in [-0.05, 0) is 57.7 Å². The Bertz CT molecular complexity index is 740. The lowest BCUT2D eigenvalue weighted by Gasteiger charge is -2.21. The summed E-state index contributed by atoms with van der Waals surface area (Å²) in [5.74, 6) is -0.880. The molecule has 0 spiro atoms. The lowest BCUT2D eigenvalue weighted by Crippen LogP contribution is -2.34. The number of carbonyl (C=O) groups is 3. The van der Waals surface area contributed by atoms with E-state index in [9.17, 15) is 18.8 Å². The molecule has 1 aromatic rings. The molecule has 0 radical (unpaired) electrons. The van der Waals surface area contributed by atoms with Crippen LogP contribution in [0.5, 0.6) is 0 Å². The van der Waals surface area contributed by atoms with Crippen LogP contribution in [-0.4, -0.2) is 30.1 Å². The summed E-state index contributed by atoms with van der Waals surface area (Å²) < 4.78 is 18.8. The third-order valence-corrected chi connectivity index (χ3v) is 4.54. The lowest BCUT2D eigenvalue weighted by atomic mass is 9.87. The van der Waals surface area contributed by atoms with Crippen molar-refractivity contribution in [2.24, 2.45) is 5.92 Å². The predicted molar refractivity (Wildman–Crippen MR) is 109 cm³/mol. The first-order valence-electron chi connectivity index (χ1n) is 9.98. The van der Waals surface area contributed by atoms with E-state index in [1.54, 1.807) is 20.8 Å². The van der Waals surface area contributed by atoms with Gasteiger partial charge in [0.2, 0.25) is 11.8 Å². The average Bonchev–Trinajstić information content (AvgIpc) is 2.61. The summed E-state index contributed by atoms with van der Waals surface area (Å²) in [5.41, 5.74) is -0.416. The van der Waals surface area contributed by atoms with E-state index in [0.29, 0.717) is 12.3 Å². The van der Waals surface area contributed by atoms with Crippen molar-refractivity contribution in [3.8, 4) is 0 Å². The molecule has 0 saturated heterocycles. The summed E-state index contributed by atoms with van der Waals surface area (Å²) in [5, 5.41) is 7.60. The monoisotopic (exact) mass is 407 g/mol. The molecule has 7 nitrogen and oxygen atoms in total. The highest BCUT2D eigenvalue weighted by Gasteiger charge is 2.19. The smallest absolute Gasteiger partial charge is 0.412 e. The molecule has 0 bridgehead atoms. The van der Waals surface area contributed by atoms with Crippen molar-refractivity contribution in [1.29, 1.82) is 0 Å². The first-order chi connectivity index (χ1) is 13.6. The highest BCUT2D eigenvalue weighted by atomic mass is 19.1. The molecule has 3 N–H and O–H groups in total. The number of anilines is 2. The number of amides is 3. The van der Waals surface area contributed by atoms with Gasteiger partial charge < -0.3 is 15.4 Å². The third-order valence-electron chi connectivity index (χ3n) is 4.54. The highest BCUT2D eigenvalue weighted by Crippen LogP contribution is 2.26. The molecule has 29 heavy (non-hydrogen) atoms. The van der Waals surface area contributed by atoms with E-state index in [4.69, 9.17) is 4.74 Å². The van der Waals surface area contributed by atoms with Crippen LogP contribution in [0.1, 0.15) is 59.3 Å². The molecule has 2 rings (SSSR count). The van der Waals surface area contributed by atoms with E-state index in [0.717, 1.165) is 37.8 Å². The quantitative estimate of drug-likeness (QED) is 0.658. The Morgan fingerprint density at radius 1 is 1.03 bits per heavy atom. The van der Waals surface area contributed by atoms with Crippen molar-refractivity contribution in [2.45, 2.75) is 64.9 Å². The second kappa shape index (κ2) is 10.2. The second-order valence-electron chi connectivity index (χ2n) is 8.35. The summed E-state index contributed by atoms with van der Waals surface area (Å²) in [6.45, 7) is 4.93. The van der Waals surface area contributed by atoms with Crippen molar-refractivity contribution in [3.63, 3.8) is 0 Å². The fourth-order valence-electron chi connectivity index (χ4n) is 3.24. The zero-order chi connectivity index (χ0) is 21.4. The molecule has 0 unspecified atom stereocenters. The maximum absolute atomic E-state index is 13.6. The van der Waals surface area contributed by atoms with E-state index < -0.39 is 23.4 Å². The standard InChI is InChI=1S/C21H30FN3O4/c1-21(2,3)29-20(28)25-16-10-9-15(22)12-17(16)24-19(27)13-23-18(26)11-14-7-5-4-6-8-14/h9-10,12,14H,4-8,11,13H2,1-3H3,(H,23,26)(H,24,27)(H,25,28). The number of benzene rings is 1. The van der Waals surface area contributed by atoms with Gasteiger partial charge in [0.25, 0.3) is 0 Å². The van der Waals surface area contributed by atoms with Crippen LogP contribution < -0.4 is 16.0 Å². The van der Waals surface area contributed by atoms with Gasteiger partial charge in [0.1, 0.15) is 11.4 Å². The fourth-order valence-corrected chi connectivity index (χ4v) is 3.24. The number of rotatable bonds is 6. The normalized spacial score (nSPS) is 14.8. The molecule has 0 aromatic heterocycles. The Morgan fingerprint density at radius 3 is 2.38 bits per heavy atom. The van der Waals surface area contributed by atoms with Crippen LogP contribution in [0.15, 0.2) is 18.2 Å². The van der Waals surface area contributed by atoms with Gasteiger partial charge in [-0.25, -0.2) is 9.18 Å². The van der Waals surface area contributed by atoms with Gasteiger partial charge in [0.05, 0.1) is 17.9 Å². The molecule has 1 aromatic carbocycles. The van der Waals surface area contributed by atoms with Crippen LogP contribution in [0, 0.1) is 11.7 Å². The minimum Gasteiger partial charge on any atom is -0.444 e. The summed E-state index contributed by atoms with van der Waals surface area (Å²) in [6.07, 6.45) is 5.29. The lowest BCUT2D eigenvalue weighted by molar-refractivity contribution is -0.125. The maximum Gasteiger partial charge on any atom is 0.412 e. The Balaban J connectivity index is 1.89. The number of carbonyl (C=O) groups excluding carboxylic acids is 3. The van der Waals surface area contributed by atoms with Crippen molar-refractivity contribution in [3.05, 3.63) is 24.0 Å². The summed E-state index contributed by atoms with van der Waals surface area (Å²) in [7, 11) is 0. The van der Waals surface area contributed by atoms with E-state index in [1.165, 1.54) is 12.5 Å². The second-order valence-corrected chi connectivity index (χ2v) is 8.35. The van der Waals surface area contributed by atoms with Crippen LogP contribution in [-0.2, 0) is 14.3 Å². The molecule has 0 aliphatic heterocycles. The van der Waals surface area contributed by atoms with Crippen molar-refractivity contribution in [1.82, 2.24) is 5.32 Å². The fraction of sp³-hybridized carbons (Fsp3) is 0.571. The number of halogens is 1. The molecule has 160 valence electrons. The van der Waals surface area contributed by atoms with Crippen LogP contribution >= 0.6 is 0 Å². The van der Waals surface area contributed by atoms with Gasteiger partial charge in [0.15, 0.2) is 0 Å². The Hall–Kier alpha value is -2.64.